The van der Waals surface area contributed by atoms with E-state index < -0.39 is 0 Å². The molecule has 4 fully saturated rings. The van der Waals surface area contributed by atoms with E-state index in [1.807, 2.05) is 0 Å². The Bertz CT molecular complexity index is 285. The molecule has 4 aliphatic carbocycles. The zero-order valence-electron chi connectivity index (χ0n) is 9.34. The van der Waals surface area contributed by atoms with E-state index in [1.54, 1.807) is 0 Å². The molecule has 2 N–H and O–H groups in total. The Balaban J connectivity index is 0.000000137. The number of nitrogens with zero attached hydrogens (tertiary/aromatic N) is 3. The molecule has 0 unspecified atom stereocenters. The fourth-order valence-corrected chi connectivity index (χ4v) is 4.19. The summed E-state index contributed by atoms with van der Waals surface area (Å²) in [5.41, 5.74) is -0.200. The number of hydrogen-bond donors (Lipinski definition) is 2. The second kappa shape index (κ2) is 3.80. The third-order valence-corrected chi connectivity index (χ3v) is 4.28. The van der Waals surface area contributed by atoms with Crippen LogP contribution in [0.5, 0.6) is 0 Å². The zero-order valence-corrected chi connectivity index (χ0v) is 9.34. The van der Waals surface area contributed by atoms with E-state index in [1.165, 1.54) is 25.6 Å². The fourth-order valence-electron chi connectivity index (χ4n) is 4.19. The highest BCUT2D eigenvalue weighted by molar-refractivity contribution is 5.01. The average molecular weight is 222 g/mol. The smallest absolute Gasteiger partial charge is 0.161 e. The van der Waals surface area contributed by atoms with E-state index in [0.717, 1.165) is 37.0 Å². The molecule has 0 radical (unpaired) electrons. The zero-order chi connectivity index (χ0) is 11.0. The predicted octanol–water partition coefficient (Wildman–Crippen LogP) is 1.15. The first-order chi connectivity index (χ1) is 7.73. The van der Waals surface area contributed by atoms with Gasteiger partial charge in [0.15, 0.2) is 6.33 Å². The van der Waals surface area contributed by atoms with E-state index in [-0.39, 0.29) is 5.60 Å². The standard InChI is InChI=1S/C10H16O.CH2N4/c11-10-4-7-1-8(5-10)3-9(2-7)6-10;1-2-4-5-3-1/h7-9,11H,1-6H2;1H,(H,2,3,4,5). The second-order valence-corrected chi connectivity index (χ2v) is 5.70. The van der Waals surface area contributed by atoms with Crippen LogP contribution >= 0.6 is 0 Å². The third-order valence-electron chi connectivity index (χ3n) is 4.28. The van der Waals surface area contributed by atoms with Crippen LogP contribution in [0.2, 0.25) is 0 Å². The van der Waals surface area contributed by atoms with Crippen molar-refractivity contribution in [2.75, 3.05) is 0 Å². The van der Waals surface area contributed by atoms with Gasteiger partial charge < -0.3 is 5.11 Å². The summed E-state index contributed by atoms with van der Waals surface area (Å²) < 4.78 is 0. The average Bonchev–Trinajstić information content (AvgIpc) is 2.70. The first kappa shape index (κ1) is 10.2. The Morgan fingerprint density at radius 1 is 1.06 bits per heavy atom. The number of aromatic amines is 1. The number of aromatic nitrogens is 4. The summed E-state index contributed by atoms with van der Waals surface area (Å²) in [6, 6.07) is 0. The molecular formula is C11H18N4O. The van der Waals surface area contributed by atoms with Gasteiger partial charge in [0.1, 0.15) is 0 Å². The number of aliphatic hydroxyl groups is 1. The number of rotatable bonds is 0. The normalized spacial score (nSPS) is 43.9. The van der Waals surface area contributed by atoms with Crippen LogP contribution in [0.25, 0.3) is 0 Å². The van der Waals surface area contributed by atoms with Gasteiger partial charge in [-0.05, 0) is 56.3 Å². The van der Waals surface area contributed by atoms with Crippen LogP contribution in [-0.2, 0) is 0 Å². The van der Waals surface area contributed by atoms with Crippen molar-refractivity contribution in [3.8, 4) is 0 Å². The highest BCUT2D eigenvalue weighted by atomic mass is 16.3. The molecule has 5 rings (SSSR count). The van der Waals surface area contributed by atoms with Gasteiger partial charge in [-0.1, -0.05) is 5.21 Å². The summed E-state index contributed by atoms with van der Waals surface area (Å²) in [7, 11) is 0. The lowest BCUT2D eigenvalue weighted by Crippen LogP contribution is -2.50. The Morgan fingerprint density at radius 2 is 1.62 bits per heavy atom. The SMILES string of the molecule is OC12CC3CC(CC(C3)C1)C2.c1nn[nH]n1. The Labute approximate surface area is 94.6 Å². The molecule has 0 saturated heterocycles. The molecule has 0 aromatic carbocycles. The minimum Gasteiger partial charge on any atom is -0.390 e. The molecule has 1 aromatic heterocycles. The maximum Gasteiger partial charge on any atom is 0.161 e. The lowest BCUT2D eigenvalue weighted by atomic mass is 9.54. The van der Waals surface area contributed by atoms with Crippen molar-refractivity contribution in [3.05, 3.63) is 6.33 Å². The molecule has 16 heavy (non-hydrogen) atoms. The van der Waals surface area contributed by atoms with E-state index in [2.05, 4.69) is 20.6 Å². The van der Waals surface area contributed by atoms with Crippen molar-refractivity contribution in [3.63, 3.8) is 0 Å². The van der Waals surface area contributed by atoms with Gasteiger partial charge in [0.25, 0.3) is 0 Å². The summed E-state index contributed by atoms with van der Waals surface area (Å²) in [6.07, 6.45) is 9.00. The van der Waals surface area contributed by atoms with Crippen molar-refractivity contribution in [2.24, 2.45) is 17.8 Å². The molecule has 4 saturated carbocycles. The van der Waals surface area contributed by atoms with Crippen LogP contribution < -0.4 is 0 Å². The largest absolute Gasteiger partial charge is 0.390 e. The molecule has 5 nitrogen and oxygen atoms in total. The van der Waals surface area contributed by atoms with Gasteiger partial charge in [-0.25, -0.2) is 0 Å². The van der Waals surface area contributed by atoms with Crippen LogP contribution in [0.1, 0.15) is 38.5 Å². The molecule has 5 heteroatoms. The summed E-state index contributed by atoms with van der Waals surface area (Å²) in [5, 5.41) is 22.3. The number of nitrogens with one attached hydrogen (secondary N) is 1. The van der Waals surface area contributed by atoms with Gasteiger partial charge in [0.05, 0.1) is 5.60 Å². The number of tetrazole rings is 1. The monoisotopic (exact) mass is 222 g/mol. The van der Waals surface area contributed by atoms with Crippen LogP contribution in [0.4, 0.5) is 0 Å². The Morgan fingerprint density at radius 3 is 1.88 bits per heavy atom. The summed E-state index contributed by atoms with van der Waals surface area (Å²) >= 11 is 0. The van der Waals surface area contributed by atoms with E-state index in [4.69, 9.17) is 0 Å². The predicted molar refractivity (Wildman–Crippen MR) is 57.3 cm³/mol. The first-order valence-corrected chi connectivity index (χ1v) is 6.12. The highest BCUT2D eigenvalue weighted by Crippen LogP contribution is 2.55. The molecule has 1 aromatic rings. The lowest BCUT2D eigenvalue weighted by molar-refractivity contribution is -0.124. The highest BCUT2D eigenvalue weighted by Gasteiger charge is 2.49. The van der Waals surface area contributed by atoms with Crippen LogP contribution in [-0.4, -0.2) is 31.3 Å². The van der Waals surface area contributed by atoms with Crippen molar-refractivity contribution < 1.29 is 5.11 Å². The summed E-state index contributed by atoms with van der Waals surface area (Å²) in [4.78, 5) is 0. The first-order valence-electron chi connectivity index (χ1n) is 6.12. The molecule has 1 heterocycles. The van der Waals surface area contributed by atoms with Crippen LogP contribution in [0.15, 0.2) is 6.33 Å². The van der Waals surface area contributed by atoms with Crippen molar-refractivity contribution >= 4 is 0 Å². The van der Waals surface area contributed by atoms with Gasteiger partial charge in [-0.3, -0.25) is 0 Å². The minimum absolute atomic E-state index is 0.200. The van der Waals surface area contributed by atoms with Gasteiger partial charge in [-0.15, -0.1) is 10.2 Å². The van der Waals surface area contributed by atoms with Crippen LogP contribution in [0, 0.1) is 17.8 Å². The fraction of sp³-hybridized carbons (Fsp3) is 0.909. The van der Waals surface area contributed by atoms with Gasteiger partial charge in [-0.2, -0.15) is 5.21 Å². The van der Waals surface area contributed by atoms with Crippen LogP contribution in [0.3, 0.4) is 0 Å². The maximum atomic E-state index is 10.1. The molecule has 0 spiro atoms. The molecule has 0 amide bonds. The van der Waals surface area contributed by atoms with Crippen molar-refractivity contribution in [1.82, 2.24) is 20.6 Å². The Hall–Kier alpha value is -0.970. The third kappa shape index (κ3) is 1.96. The molecule has 4 aliphatic rings. The van der Waals surface area contributed by atoms with Gasteiger partial charge in [0, 0.05) is 0 Å². The Kier molecular flexibility index (Phi) is 2.42. The summed E-state index contributed by atoms with van der Waals surface area (Å²) in [5.74, 6) is 2.68. The number of H-pyrrole nitrogens is 1. The summed E-state index contributed by atoms with van der Waals surface area (Å²) in [6.45, 7) is 0. The molecule has 0 aliphatic heterocycles. The molecular weight excluding hydrogens is 204 g/mol. The maximum absolute atomic E-state index is 10.1. The van der Waals surface area contributed by atoms with E-state index >= 15 is 0 Å². The lowest BCUT2D eigenvalue weighted by Gasteiger charge is -2.54. The van der Waals surface area contributed by atoms with Crippen molar-refractivity contribution in [1.29, 1.82) is 0 Å². The van der Waals surface area contributed by atoms with Gasteiger partial charge >= 0.3 is 0 Å². The van der Waals surface area contributed by atoms with E-state index in [9.17, 15) is 5.11 Å². The topological polar surface area (TPSA) is 74.7 Å². The molecule has 0 atom stereocenters. The molecule has 88 valence electrons. The quantitative estimate of drug-likeness (QED) is 0.690. The van der Waals surface area contributed by atoms with Gasteiger partial charge in [0.2, 0.25) is 0 Å². The minimum atomic E-state index is -0.200. The van der Waals surface area contributed by atoms with Crippen molar-refractivity contribution in [2.45, 2.75) is 44.1 Å². The molecule has 4 bridgehead atoms. The second-order valence-electron chi connectivity index (χ2n) is 5.70. The van der Waals surface area contributed by atoms with E-state index in [0.29, 0.717) is 0 Å². The number of hydrogen-bond acceptors (Lipinski definition) is 4.